The van der Waals surface area contributed by atoms with Gasteiger partial charge in [-0.3, -0.25) is 18.8 Å². The van der Waals surface area contributed by atoms with Crippen LogP contribution < -0.4 is 5.56 Å². The average Bonchev–Trinajstić information content (AvgIpc) is 3.11. The number of carbonyl (C=O) groups is 1. The molecule has 10 heteroatoms. The molecule has 4 heterocycles. The average molecular weight is 407 g/mol. The Bertz CT molecular complexity index is 1120. The number of aryl methyl sites for hydroxylation is 2. The number of aromatic nitrogens is 4. The molecule has 0 bridgehead atoms. The molecule has 0 spiro atoms. The molecule has 0 saturated heterocycles. The second-order valence-electron chi connectivity index (χ2n) is 6.88. The maximum absolute atomic E-state index is 12.8. The largest absolute Gasteiger partial charge is 0.339 e. The number of hydrogen-bond donors (Lipinski definition) is 0. The van der Waals surface area contributed by atoms with Crippen molar-refractivity contribution in [1.82, 2.24) is 24.2 Å². The summed E-state index contributed by atoms with van der Waals surface area (Å²) in [5.41, 5.74) is 1.02. The van der Waals surface area contributed by atoms with Crippen LogP contribution in [0.4, 0.5) is 8.78 Å². The van der Waals surface area contributed by atoms with Crippen LogP contribution in [0.15, 0.2) is 16.2 Å². The van der Waals surface area contributed by atoms with Gasteiger partial charge in [-0.1, -0.05) is 0 Å². The SMILES string of the molecule is Cc1csc2nc3n(c(=O)c12)CCN(C(=O)Cn1nc(C(F)F)cc1C)CC3. The molecule has 1 amide bonds. The lowest BCUT2D eigenvalue weighted by atomic mass is 10.2. The zero-order chi connectivity index (χ0) is 20.0. The van der Waals surface area contributed by atoms with Crippen molar-refractivity contribution in [2.45, 2.75) is 39.8 Å². The van der Waals surface area contributed by atoms with Crippen molar-refractivity contribution in [2.24, 2.45) is 0 Å². The van der Waals surface area contributed by atoms with Gasteiger partial charge < -0.3 is 4.90 Å². The zero-order valence-corrected chi connectivity index (χ0v) is 16.3. The Labute approximate surface area is 163 Å². The number of fused-ring (bicyclic) bond motifs is 2. The van der Waals surface area contributed by atoms with E-state index in [2.05, 4.69) is 10.1 Å². The van der Waals surface area contributed by atoms with Crippen LogP contribution in [0.2, 0.25) is 0 Å². The first-order chi connectivity index (χ1) is 13.3. The Balaban J connectivity index is 1.54. The maximum Gasteiger partial charge on any atom is 0.282 e. The summed E-state index contributed by atoms with van der Waals surface area (Å²) in [7, 11) is 0. The van der Waals surface area contributed by atoms with Gasteiger partial charge in [0.25, 0.3) is 12.0 Å². The highest BCUT2D eigenvalue weighted by molar-refractivity contribution is 7.16. The zero-order valence-electron chi connectivity index (χ0n) is 15.5. The lowest BCUT2D eigenvalue weighted by Crippen LogP contribution is -2.37. The molecule has 4 rings (SSSR count). The molecule has 7 nitrogen and oxygen atoms in total. The number of carbonyl (C=O) groups excluding carboxylic acids is 1. The van der Waals surface area contributed by atoms with E-state index in [4.69, 9.17) is 0 Å². The maximum atomic E-state index is 12.8. The van der Waals surface area contributed by atoms with Gasteiger partial charge in [0.2, 0.25) is 5.91 Å². The third-order valence-corrected chi connectivity index (χ3v) is 6.01. The van der Waals surface area contributed by atoms with Gasteiger partial charge in [0, 0.05) is 31.7 Å². The molecule has 0 radical (unpaired) electrons. The van der Waals surface area contributed by atoms with Crippen molar-refractivity contribution < 1.29 is 13.6 Å². The third-order valence-electron chi connectivity index (χ3n) is 5.02. The number of alkyl halides is 2. The highest BCUT2D eigenvalue weighted by Crippen LogP contribution is 2.22. The fourth-order valence-corrected chi connectivity index (χ4v) is 4.40. The highest BCUT2D eigenvalue weighted by Gasteiger charge is 2.23. The van der Waals surface area contributed by atoms with Crippen LogP contribution in [0, 0.1) is 13.8 Å². The Hall–Kier alpha value is -2.62. The molecular formula is C18H19F2N5O2S. The Morgan fingerprint density at radius 2 is 2.07 bits per heavy atom. The van der Waals surface area contributed by atoms with Crippen LogP contribution in [0.1, 0.15) is 29.2 Å². The summed E-state index contributed by atoms with van der Waals surface area (Å²) in [6, 6.07) is 1.29. The van der Waals surface area contributed by atoms with Crippen LogP contribution in [0.5, 0.6) is 0 Å². The van der Waals surface area contributed by atoms with Gasteiger partial charge in [0.1, 0.15) is 22.9 Å². The van der Waals surface area contributed by atoms with E-state index >= 15 is 0 Å². The molecule has 0 atom stereocenters. The van der Waals surface area contributed by atoms with E-state index in [9.17, 15) is 18.4 Å². The van der Waals surface area contributed by atoms with Crippen LogP contribution in [-0.4, -0.2) is 43.2 Å². The number of amides is 1. The van der Waals surface area contributed by atoms with Gasteiger partial charge >= 0.3 is 0 Å². The summed E-state index contributed by atoms with van der Waals surface area (Å²) in [5.74, 6) is 0.454. The van der Waals surface area contributed by atoms with E-state index in [0.29, 0.717) is 43.0 Å². The first kappa shape index (κ1) is 18.7. The van der Waals surface area contributed by atoms with E-state index in [1.165, 1.54) is 22.1 Å². The standard InChI is InChI=1S/C18H19F2N5O2S/c1-10-9-28-17-15(10)18(27)24-6-5-23(4-3-13(24)21-17)14(26)8-25-11(2)7-12(22-25)16(19)20/h7,9,16H,3-6,8H2,1-2H3. The van der Waals surface area contributed by atoms with Crippen molar-refractivity contribution in [2.75, 3.05) is 13.1 Å². The topological polar surface area (TPSA) is 73.0 Å². The molecule has 3 aromatic heterocycles. The second kappa shape index (κ2) is 7.08. The first-order valence-electron chi connectivity index (χ1n) is 8.93. The summed E-state index contributed by atoms with van der Waals surface area (Å²) in [6.45, 7) is 4.57. The summed E-state index contributed by atoms with van der Waals surface area (Å²) >= 11 is 1.44. The molecular weight excluding hydrogens is 388 g/mol. The van der Waals surface area contributed by atoms with Crippen molar-refractivity contribution in [1.29, 1.82) is 0 Å². The van der Waals surface area contributed by atoms with Gasteiger partial charge in [0.05, 0.1) is 5.39 Å². The van der Waals surface area contributed by atoms with E-state index in [-0.39, 0.29) is 23.7 Å². The molecule has 0 unspecified atom stereocenters. The molecule has 0 saturated carbocycles. The van der Waals surface area contributed by atoms with Crippen LogP contribution in [0.25, 0.3) is 10.2 Å². The van der Waals surface area contributed by atoms with Gasteiger partial charge in [0.15, 0.2) is 0 Å². The number of thiophene rings is 1. The lowest BCUT2D eigenvalue weighted by Gasteiger charge is -2.20. The predicted octanol–water partition coefficient (Wildman–Crippen LogP) is 2.29. The fourth-order valence-electron chi connectivity index (χ4n) is 3.47. The number of rotatable bonds is 3. The summed E-state index contributed by atoms with van der Waals surface area (Å²) < 4.78 is 28.6. The fraction of sp³-hybridized carbons (Fsp3) is 0.444. The van der Waals surface area contributed by atoms with E-state index in [0.717, 1.165) is 10.4 Å². The minimum atomic E-state index is -2.67. The van der Waals surface area contributed by atoms with Crippen molar-refractivity contribution >= 4 is 27.5 Å². The molecule has 1 aliphatic rings. The molecule has 3 aromatic rings. The Kier molecular flexibility index (Phi) is 4.74. The number of hydrogen-bond acceptors (Lipinski definition) is 5. The number of nitrogens with zero attached hydrogens (tertiary/aromatic N) is 5. The smallest absolute Gasteiger partial charge is 0.282 e. The molecule has 148 valence electrons. The monoisotopic (exact) mass is 407 g/mol. The van der Waals surface area contributed by atoms with Crippen molar-refractivity contribution in [3.63, 3.8) is 0 Å². The normalized spacial score (nSPS) is 14.5. The summed E-state index contributed by atoms with van der Waals surface area (Å²) in [5, 5.41) is 6.38. The van der Waals surface area contributed by atoms with Gasteiger partial charge in [-0.15, -0.1) is 11.3 Å². The molecule has 0 N–H and O–H groups in total. The second-order valence-corrected chi connectivity index (χ2v) is 7.74. The van der Waals surface area contributed by atoms with E-state index < -0.39 is 6.43 Å². The van der Waals surface area contributed by atoms with Crippen molar-refractivity contribution in [3.05, 3.63) is 44.6 Å². The predicted molar refractivity (Wildman–Crippen MR) is 101 cm³/mol. The molecule has 28 heavy (non-hydrogen) atoms. The minimum Gasteiger partial charge on any atom is -0.339 e. The van der Waals surface area contributed by atoms with Crippen LogP contribution in [-0.2, 0) is 24.3 Å². The molecule has 1 aliphatic heterocycles. The van der Waals surface area contributed by atoms with Gasteiger partial charge in [-0.05, 0) is 30.9 Å². The first-order valence-corrected chi connectivity index (χ1v) is 9.81. The minimum absolute atomic E-state index is 0.0717. The third kappa shape index (κ3) is 3.21. The Morgan fingerprint density at radius 1 is 1.29 bits per heavy atom. The van der Waals surface area contributed by atoms with Crippen LogP contribution in [0.3, 0.4) is 0 Å². The Morgan fingerprint density at radius 3 is 2.79 bits per heavy atom. The molecule has 0 aliphatic carbocycles. The highest BCUT2D eigenvalue weighted by atomic mass is 32.1. The molecule has 0 fully saturated rings. The molecule has 0 aromatic carbocycles. The van der Waals surface area contributed by atoms with Gasteiger partial charge in [-0.25, -0.2) is 13.8 Å². The summed E-state index contributed by atoms with van der Waals surface area (Å²) in [6.07, 6.45) is -2.20. The van der Waals surface area contributed by atoms with Gasteiger partial charge in [-0.2, -0.15) is 5.10 Å². The summed E-state index contributed by atoms with van der Waals surface area (Å²) in [4.78, 5) is 32.5. The number of halogens is 2. The van der Waals surface area contributed by atoms with Crippen molar-refractivity contribution in [3.8, 4) is 0 Å². The van der Waals surface area contributed by atoms with E-state index in [1.807, 2.05) is 12.3 Å². The van der Waals surface area contributed by atoms with E-state index in [1.54, 1.807) is 16.4 Å². The quantitative estimate of drug-likeness (QED) is 0.668. The lowest BCUT2D eigenvalue weighted by molar-refractivity contribution is -0.132. The van der Waals surface area contributed by atoms with Crippen LogP contribution >= 0.6 is 11.3 Å².